The topological polar surface area (TPSA) is 77.3 Å². The van der Waals surface area contributed by atoms with E-state index in [-0.39, 0.29) is 17.8 Å². The monoisotopic (exact) mass is 318 g/mol. The fourth-order valence-electron chi connectivity index (χ4n) is 3.52. The summed E-state index contributed by atoms with van der Waals surface area (Å²) in [5, 5.41) is 0. The third-order valence-corrected chi connectivity index (χ3v) is 4.56. The molecule has 6 heteroatoms. The van der Waals surface area contributed by atoms with Gasteiger partial charge in [-0.05, 0) is 37.5 Å². The Hall–Kier alpha value is -2.76. The second kappa shape index (κ2) is 6.78. The van der Waals surface area contributed by atoms with Gasteiger partial charge in [0.1, 0.15) is 17.5 Å². The Morgan fingerprint density at radius 1 is 0.458 bits per heavy atom. The van der Waals surface area contributed by atoms with Crippen LogP contribution in [-0.4, -0.2) is 29.9 Å². The number of rotatable bonds is 3. The van der Waals surface area contributed by atoms with Crippen molar-refractivity contribution in [1.29, 1.82) is 0 Å². The van der Waals surface area contributed by atoms with Crippen molar-refractivity contribution in [1.82, 2.24) is 29.9 Å². The minimum absolute atomic E-state index is 0.266. The lowest BCUT2D eigenvalue weighted by Gasteiger charge is -2.32. The van der Waals surface area contributed by atoms with E-state index in [1.165, 1.54) is 0 Å². The molecule has 1 aliphatic rings. The lowest BCUT2D eigenvalue weighted by Crippen LogP contribution is -2.23. The summed E-state index contributed by atoms with van der Waals surface area (Å²) in [4.78, 5) is 26.8. The van der Waals surface area contributed by atoms with Crippen LogP contribution in [-0.2, 0) is 0 Å². The maximum atomic E-state index is 4.47. The van der Waals surface area contributed by atoms with Gasteiger partial charge in [0.05, 0.1) is 0 Å². The Labute approximate surface area is 140 Å². The SMILES string of the molecule is c1cnc(C2CC(c3ncccn3)CC(c3ncccn3)C2)nc1. The Bertz CT molecular complexity index is 651. The van der Waals surface area contributed by atoms with E-state index < -0.39 is 0 Å². The molecular formula is C18H18N6. The first-order chi connectivity index (χ1) is 11.9. The van der Waals surface area contributed by atoms with E-state index in [0.717, 1.165) is 36.7 Å². The van der Waals surface area contributed by atoms with Crippen molar-refractivity contribution in [2.24, 2.45) is 0 Å². The van der Waals surface area contributed by atoms with Crippen molar-refractivity contribution in [3.05, 3.63) is 72.9 Å². The summed E-state index contributed by atoms with van der Waals surface area (Å²) in [5.74, 6) is 3.46. The van der Waals surface area contributed by atoms with Crippen molar-refractivity contribution < 1.29 is 0 Å². The highest BCUT2D eigenvalue weighted by atomic mass is 14.9. The van der Waals surface area contributed by atoms with Gasteiger partial charge in [-0.1, -0.05) is 0 Å². The minimum atomic E-state index is 0.266. The highest BCUT2D eigenvalue weighted by molar-refractivity contribution is 5.13. The maximum Gasteiger partial charge on any atom is 0.131 e. The molecule has 120 valence electrons. The molecule has 6 nitrogen and oxygen atoms in total. The molecule has 0 spiro atoms. The van der Waals surface area contributed by atoms with Gasteiger partial charge in [0.2, 0.25) is 0 Å². The molecule has 0 radical (unpaired) electrons. The van der Waals surface area contributed by atoms with Gasteiger partial charge in [0, 0.05) is 54.9 Å². The number of nitrogens with zero attached hydrogens (tertiary/aromatic N) is 6. The van der Waals surface area contributed by atoms with Crippen molar-refractivity contribution in [2.45, 2.75) is 37.0 Å². The van der Waals surface area contributed by atoms with E-state index in [1.807, 2.05) is 18.2 Å². The van der Waals surface area contributed by atoms with Crippen LogP contribution in [0.15, 0.2) is 55.4 Å². The van der Waals surface area contributed by atoms with Gasteiger partial charge in [-0.2, -0.15) is 0 Å². The molecule has 0 N–H and O–H groups in total. The molecule has 4 rings (SSSR count). The van der Waals surface area contributed by atoms with Gasteiger partial charge >= 0.3 is 0 Å². The van der Waals surface area contributed by atoms with Gasteiger partial charge < -0.3 is 0 Å². The maximum absolute atomic E-state index is 4.47. The minimum Gasteiger partial charge on any atom is -0.241 e. The van der Waals surface area contributed by atoms with Crippen LogP contribution >= 0.6 is 0 Å². The Balaban J connectivity index is 1.66. The van der Waals surface area contributed by atoms with Gasteiger partial charge in [-0.15, -0.1) is 0 Å². The predicted octanol–water partition coefficient (Wildman–Crippen LogP) is 2.89. The van der Waals surface area contributed by atoms with Crippen LogP contribution in [0.25, 0.3) is 0 Å². The van der Waals surface area contributed by atoms with Crippen LogP contribution in [0.3, 0.4) is 0 Å². The largest absolute Gasteiger partial charge is 0.241 e. The van der Waals surface area contributed by atoms with Crippen molar-refractivity contribution in [2.75, 3.05) is 0 Å². The molecule has 0 saturated heterocycles. The summed E-state index contributed by atoms with van der Waals surface area (Å²) < 4.78 is 0. The van der Waals surface area contributed by atoms with Crippen LogP contribution in [0.2, 0.25) is 0 Å². The van der Waals surface area contributed by atoms with E-state index >= 15 is 0 Å². The van der Waals surface area contributed by atoms with Crippen LogP contribution in [0.5, 0.6) is 0 Å². The summed E-state index contributed by atoms with van der Waals surface area (Å²) in [6, 6.07) is 5.55. The van der Waals surface area contributed by atoms with Gasteiger partial charge in [0.15, 0.2) is 0 Å². The van der Waals surface area contributed by atoms with Crippen LogP contribution in [0.4, 0.5) is 0 Å². The molecule has 3 heterocycles. The zero-order valence-electron chi connectivity index (χ0n) is 13.2. The van der Waals surface area contributed by atoms with Crippen molar-refractivity contribution >= 4 is 0 Å². The van der Waals surface area contributed by atoms with Crippen LogP contribution in [0, 0.1) is 0 Å². The molecular weight excluding hydrogens is 300 g/mol. The fraction of sp³-hybridized carbons (Fsp3) is 0.333. The Morgan fingerprint density at radius 2 is 0.708 bits per heavy atom. The predicted molar refractivity (Wildman–Crippen MR) is 88.2 cm³/mol. The summed E-state index contributed by atoms with van der Waals surface area (Å²) in [6.45, 7) is 0. The average molecular weight is 318 g/mol. The first kappa shape index (κ1) is 14.8. The molecule has 1 aliphatic carbocycles. The summed E-state index contributed by atoms with van der Waals surface area (Å²) >= 11 is 0. The number of hydrogen-bond acceptors (Lipinski definition) is 6. The summed E-state index contributed by atoms with van der Waals surface area (Å²) in [5.41, 5.74) is 0. The second-order valence-electron chi connectivity index (χ2n) is 6.12. The van der Waals surface area contributed by atoms with E-state index in [4.69, 9.17) is 0 Å². The van der Waals surface area contributed by atoms with Crippen LogP contribution in [0.1, 0.15) is 54.5 Å². The summed E-state index contributed by atoms with van der Waals surface area (Å²) in [7, 11) is 0. The highest BCUT2D eigenvalue weighted by Crippen LogP contribution is 2.45. The smallest absolute Gasteiger partial charge is 0.131 e. The molecule has 3 aromatic rings. The third kappa shape index (κ3) is 3.13. The van der Waals surface area contributed by atoms with Gasteiger partial charge in [-0.3, -0.25) is 0 Å². The molecule has 3 aromatic heterocycles. The highest BCUT2D eigenvalue weighted by Gasteiger charge is 2.35. The lowest BCUT2D eigenvalue weighted by atomic mass is 9.74. The fourth-order valence-corrected chi connectivity index (χ4v) is 3.52. The first-order valence-electron chi connectivity index (χ1n) is 8.21. The van der Waals surface area contributed by atoms with E-state index in [0.29, 0.717) is 0 Å². The summed E-state index contributed by atoms with van der Waals surface area (Å²) in [6.07, 6.45) is 13.7. The van der Waals surface area contributed by atoms with E-state index in [2.05, 4.69) is 29.9 Å². The number of hydrogen-bond donors (Lipinski definition) is 0. The molecule has 0 unspecified atom stereocenters. The molecule has 0 amide bonds. The first-order valence-corrected chi connectivity index (χ1v) is 8.21. The molecule has 24 heavy (non-hydrogen) atoms. The zero-order valence-corrected chi connectivity index (χ0v) is 13.2. The average Bonchev–Trinajstić information content (AvgIpc) is 2.70. The second-order valence-corrected chi connectivity index (χ2v) is 6.12. The third-order valence-electron chi connectivity index (χ3n) is 4.56. The molecule has 1 fully saturated rings. The van der Waals surface area contributed by atoms with Crippen molar-refractivity contribution in [3.8, 4) is 0 Å². The molecule has 0 bridgehead atoms. The van der Waals surface area contributed by atoms with E-state index in [1.54, 1.807) is 37.2 Å². The molecule has 0 atom stereocenters. The normalized spacial score (nSPS) is 23.8. The standard InChI is InChI=1S/C18H18N6/c1-4-19-16(20-5-1)13-10-14(17-21-6-2-7-22-17)12-15(11-13)18-23-8-3-9-24-18/h1-9,13-15H,10-12H2. The molecule has 0 aliphatic heterocycles. The zero-order chi connectivity index (χ0) is 16.2. The quantitative estimate of drug-likeness (QED) is 0.739. The Kier molecular flexibility index (Phi) is 4.18. The Morgan fingerprint density at radius 3 is 0.958 bits per heavy atom. The molecule has 1 saturated carbocycles. The van der Waals surface area contributed by atoms with Gasteiger partial charge in [-0.25, -0.2) is 29.9 Å². The van der Waals surface area contributed by atoms with Crippen molar-refractivity contribution in [3.63, 3.8) is 0 Å². The lowest BCUT2D eigenvalue weighted by molar-refractivity contribution is 0.325. The van der Waals surface area contributed by atoms with E-state index in [9.17, 15) is 0 Å². The van der Waals surface area contributed by atoms with Crippen LogP contribution < -0.4 is 0 Å². The number of aromatic nitrogens is 6. The van der Waals surface area contributed by atoms with Gasteiger partial charge in [0.25, 0.3) is 0 Å². The molecule has 0 aromatic carbocycles.